The van der Waals surface area contributed by atoms with Gasteiger partial charge in [-0.05, 0) is 31.2 Å². The van der Waals surface area contributed by atoms with Crippen LogP contribution < -0.4 is 4.72 Å². The zero-order valence-corrected chi connectivity index (χ0v) is 13.5. The molecule has 0 spiro atoms. The molecule has 0 heterocycles. The first kappa shape index (κ1) is 16.3. The minimum atomic E-state index is -3.86. The topological polar surface area (TPSA) is 72.5 Å². The molecule has 0 aliphatic carbocycles. The highest BCUT2D eigenvalue weighted by molar-refractivity contribution is 7.92. The van der Waals surface area contributed by atoms with Crippen molar-refractivity contribution in [2.24, 2.45) is 0 Å². The van der Waals surface area contributed by atoms with Crippen LogP contribution >= 0.6 is 11.6 Å². The normalized spacial score (nSPS) is 11.0. The highest BCUT2D eigenvalue weighted by Gasteiger charge is 2.21. The van der Waals surface area contributed by atoms with Crippen molar-refractivity contribution in [2.45, 2.75) is 11.8 Å². The van der Waals surface area contributed by atoms with Crippen LogP contribution in [-0.2, 0) is 14.8 Å². The van der Waals surface area contributed by atoms with Gasteiger partial charge in [-0.25, -0.2) is 13.2 Å². The van der Waals surface area contributed by atoms with Crippen LogP contribution in [0.4, 0.5) is 5.69 Å². The largest absolute Gasteiger partial charge is 0.465 e. The molecule has 2 aromatic rings. The van der Waals surface area contributed by atoms with Crippen molar-refractivity contribution in [2.75, 3.05) is 11.8 Å². The maximum atomic E-state index is 12.4. The molecule has 0 aliphatic heterocycles. The summed E-state index contributed by atoms with van der Waals surface area (Å²) in [6, 6.07) is 10.8. The number of benzene rings is 2. The second-order valence-electron chi connectivity index (χ2n) is 4.57. The van der Waals surface area contributed by atoms with Gasteiger partial charge in [0.2, 0.25) is 0 Å². The van der Waals surface area contributed by atoms with Gasteiger partial charge >= 0.3 is 5.97 Å². The van der Waals surface area contributed by atoms with Gasteiger partial charge in [-0.15, -0.1) is 0 Å². The molecule has 0 amide bonds. The summed E-state index contributed by atoms with van der Waals surface area (Å²) >= 11 is 6.01. The molecule has 2 rings (SSSR count). The molecule has 116 valence electrons. The maximum Gasteiger partial charge on any atom is 0.340 e. The van der Waals surface area contributed by atoms with E-state index < -0.39 is 16.0 Å². The molecule has 0 aromatic heterocycles. The summed E-state index contributed by atoms with van der Waals surface area (Å²) < 4.78 is 31.8. The highest BCUT2D eigenvalue weighted by atomic mass is 35.5. The number of sulfonamides is 1. The lowest BCUT2D eigenvalue weighted by Gasteiger charge is -2.13. The molecule has 0 saturated carbocycles. The number of aryl methyl sites for hydroxylation is 1. The average Bonchev–Trinajstić information content (AvgIpc) is 2.49. The summed E-state index contributed by atoms with van der Waals surface area (Å²) in [6.45, 7) is 1.85. The van der Waals surface area contributed by atoms with Gasteiger partial charge < -0.3 is 4.74 Å². The van der Waals surface area contributed by atoms with Crippen molar-refractivity contribution >= 4 is 33.3 Å². The SMILES string of the molecule is COC(=O)c1cccc(Cl)c1NS(=O)(=O)c1ccc(C)cc1. The Morgan fingerprint density at radius 1 is 1.14 bits per heavy atom. The van der Waals surface area contributed by atoms with Crippen LogP contribution in [0.3, 0.4) is 0 Å². The molecule has 0 radical (unpaired) electrons. The number of methoxy groups -OCH3 is 1. The van der Waals surface area contributed by atoms with Gasteiger partial charge in [0.25, 0.3) is 10.0 Å². The number of halogens is 1. The fourth-order valence-corrected chi connectivity index (χ4v) is 3.20. The Morgan fingerprint density at radius 2 is 1.77 bits per heavy atom. The van der Waals surface area contributed by atoms with Gasteiger partial charge in [-0.2, -0.15) is 0 Å². The molecule has 2 aromatic carbocycles. The number of para-hydroxylation sites is 1. The van der Waals surface area contributed by atoms with Gasteiger partial charge in [-0.1, -0.05) is 35.4 Å². The number of rotatable bonds is 4. The summed E-state index contributed by atoms with van der Waals surface area (Å²) in [6.07, 6.45) is 0. The van der Waals surface area contributed by atoms with Crippen molar-refractivity contribution in [1.29, 1.82) is 0 Å². The van der Waals surface area contributed by atoms with E-state index in [0.717, 1.165) is 5.56 Å². The highest BCUT2D eigenvalue weighted by Crippen LogP contribution is 2.29. The fourth-order valence-electron chi connectivity index (χ4n) is 1.82. The van der Waals surface area contributed by atoms with E-state index in [1.807, 2.05) is 6.92 Å². The summed E-state index contributed by atoms with van der Waals surface area (Å²) in [5.41, 5.74) is 0.981. The number of esters is 1. The van der Waals surface area contributed by atoms with Crippen molar-refractivity contribution in [3.8, 4) is 0 Å². The van der Waals surface area contributed by atoms with E-state index in [1.165, 1.54) is 37.4 Å². The van der Waals surface area contributed by atoms with Crippen molar-refractivity contribution in [1.82, 2.24) is 0 Å². The smallest absolute Gasteiger partial charge is 0.340 e. The predicted octanol–water partition coefficient (Wildman–Crippen LogP) is 3.24. The minimum absolute atomic E-state index is 0.00316. The second-order valence-corrected chi connectivity index (χ2v) is 6.66. The van der Waals surface area contributed by atoms with Gasteiger partial charge in [0.15, 0.2) is 0 Å². The Kier molecular flexibility index (Phi) is 4.73. The van der Waals surface area contributed by atoms with Gasteiger partial charge in [-0.3, -0.25) is 4.72 Å². The summed E-state index contributed by atoms with van der Waals surface area (Å²) in [5.74, 6) is -0.677. The van der Waals surface area contributed by atoms with Crippen molar-refractivity contribution in [3.05, 3.63) is 58.6 Å². The molecule has 0 unspecified atom stereocenters. The molecule has 1 N–H and O–H groups in total. The average molecular weight is 340 g/mol. The summed E-state index contributed by atoms with van der Waals surface area (Å²) in [4.78, 5) is 11.8. The predicted molar refractivity (Wildman–Crippen MR) is 84.8 cm³/mol. The van der Waals surface area contributed by atoms with Crippen LogP contribution in [0.15, 0.2) is 47.4 Å². The third-order valence-electron chi connectivity index (χ3n) is 2.99. The van der Waals surface area contributed by atoms with Crippen LogP contribution in [-0.4, -0.2) is 21.5 Å². The monoisotopic (exact) mass is 339 g/mol. The van der Waals surface area contributed by atoms with E-state index >= 15 is 0 Å². The molecule has 5 nitrogen and oxygen atoms in total. The number of anilines is 1. The maximum absolute atomic E-state index is 12.4. The third kappa shape index (κ3) is 3.40. The van der Waals surface area contributed by atoms with Gasteiger partial charge in [0.1, 0.15) is 0 Å². The van der Waals surface area contributed by atoms with E-state index in [-0.39, 0.29) is 21.2 Å². The number of nitrogens with one attached hydrogen (secondary N) is 1. The number of hydrogen-bond donors (Lipinski definition) is 1. The Labute approximate surface area is 133 Å². The van der Waals surface area contributed by atoms with E-state index in [2.05, 4.69) is 9.46 Å². The first-order chi connectivity index (χ1) is 10.3. The number of hydrogen-bond acceptors (Lipinski definition) is 4. The van der Waals surface area contributed by atoms with Gasteiger partial charge in [0.05, 0.1) is 28.3 Å². The van der Waals surface area contributed by atoms with E-state index in [0.29, 0.717) is 0 Å². The summed E-state index contributed by atoms with van der Waals surface area (Å²) in [5, 5.41) is 0.110. The zero-order valence-electron chi connectivity index (χ0n) is 12.0. The molecule has 0 saturated heterocycles. The van der Waals surface area contributed by atoms with Crippen LogP contribution in [0.2, 0.25) is 5.02 Å². The lowest BCUT2D eigenvalue weighted by atomic mass is 10.2. The number of ether oxygens (including phenoxy) is 1. The Hall–Kier alpha value is -2.05. The number of carbonyl (C=O) groups is 1. The first-order valence-electron chi connectivity index (χ1n) is 6.31. The number of carbonyl (C=O) groups excluding carboxylic acids is 1. The van der Waals surface area contributed by atoms with Crippen LogP contribution in [0.5, 0.6) is 0 Å². The van der Waals surface area contributed by atoms with E-state index in [9.17, 15) is 13.2 Å². The van der Waals surface area contributed by atoms with Gasteiger partial charge in [0, 0.05) is 0 Å². The molecule has 0 aliphatic rings. The van der Waals surface area contributed by atoms with Crippen molar-refractivity contribution in [3.63, 3.8) is 0 Å². The second kappa shape index (κ2) is 6.37. The lowest BCUT2D eigenvalue weighted by molar-refractivity contribution is 0.0602. The van der Waals surface area contributed by atoms with Crippen LogP contribution in [0.25, 0.3) is 0 Å². The Morgan fingerprint density at radius 3 is 2.36 bits per heavy atom. The van der Waals surface area contributed by atoms with Crippen LogP contribution in [0, 0.1) is 6.92 Å². The molecule has 22 heavy (non-hydrogen) atoms. The molecule has 0 atom stereocenters. The zero-order chi connectivity index (χ0) is 16.3. The lowest BCUT2D eigenvalue weighted by Crippen LogP contribution is -2.16. The quantitative estimate of drug-likeness (QED) is 0.868. The molecular formula is C15H14ClNO4S. The van der Waals surface area contributed by atoms with E-state index in [1.54, 1.807) is 12.1 Å². The molecule has 7 heteroatoms. The fraction of sp³-hybridized carbons (Fsp3) is 0.133. The molecule has 0 fully saturated rings. The standard InChI is InChI=1S/C15H14ClNO4S/c1-10-6-8-11(9-7-10)22(19,20)17-14-12(15(18)21-2)4-3-5-13(14)16/h3-9,17H,1-2H3. The summed E-state index contributed by atoms with van der Waals surface area (Å²) in [7, 11) is -2.65. The molecule has 0 bridgehead atoms. The van der Waals surface area contributed by atoms with Crippen LogP contribution in [0.1, 0.15) is 15.9 Å². The Bertz CT molecular complexity index is 801. The first-order valence-corrected chi connectivity index (χ1v) is 8.17. The Balaban J connectivity index is 2.46. The van der Waals surface area contributed by atoms with Crippen molar-refractivity contribution < 1.29 is 17.9 Å². The van der Waals surface area contributed by atoms with E-state index in [4.69, 9.17) is 11.6 Å². The minimum Gasteiger partial charge on any atom is -0.465 e. The molecular weight excluding hydrogens is 326 g/mol. The third-order valence-corrected chi connectivity index (χ3v) is 4.67.